The lowest BCUT2D eigenvalue weighted by Gasteiger charge is -2.13. The molecule has 0 fully saturated rings. The van der Waals surface area contributed by atoms with E-state index in [9.17, 15) is 22.8 Å². The van der Waals surface area contributed by atoms with Gasteiger partial charge >= 0.3 is 12.3 Å². The van der Waals surface area contributed by atoms with Crippen molar-refractivity contribution in [3.05, 3.63) is 73.1 Å². The molecule has 0 N–H and O–H groups in total. The Hall–Kier alpha value is -2.55. The summed E-state index contributed by atoms with van der Waals surface area (Å²) in [5.41, 5.74) is -0.679. The second-order valence-electron chi connectivity index (χ2n) is 5.54. The monoisotopic (exact) mass is 428 g/mol. The molecule has 0 saturated heterocycles. The van der Waals surface area contributed by atoms with Gasteiger partial charge in [0.1, 0.15) is 0 Å². The molecule has 0 amide bonds. The average Bonchev–Trinajstić information content (AvgIpc) is 2.59. The number of fused-ring (bicyclic) bond motifs is 1. The van der Waals surface area contributed by atoms with E-state index in [1.54, 1.807) is 24.3 Å². The molecule has 2 aromatic carbocycles. The first-order chi connectivity index (χ1) is 12.3. The van der Waals surface area contributed by atoms with Gasteiger partial charge in [-0.3, -0.25) is 13.9 Å². The Morgan fingerprint density at radius 2 is 1.81 bits per heavy atom. The summed E-state index contributed by atoms with van der Waals surface area (Å²) >= 11 is 3.29. The number of hydrogen-bond donors (Lipinski definition) is 0. The predicted molar refractivity (Wildman–Crippen MR) is 93.3 cm³/mol. The number of aryl methyl sites for hydroxylation is 1. The molecule has 3 aromatic rings. The van der Waals surface area contributed by atoms with Crippen LogP contribution in [0.5, 0.6) is 5.75 Å². The number of benzene rings is 2. The number of rotatable bonds is 4. The maximum absolute atomic E-state index is 13.9. The van der Waals surface area contributed by atoms with Crippen LogP contribution in [0, 0.1) is 5.82 Å². The molecule has 9 heteroatoms. The average molecular weight is 429 g/mol. The standard InChI is InChI=1S/C17H12BrF3N2O3/c1-22-13-7-12(19)14(26-16(20)21)6-11(13)15(24)23(17(22)25)8-9-2-4-10(18)5-3-9/h2-7,16H,8H2,1H3. The summed E-state index contributed by atoms with van der Waals surface area (Å²) in [5, 5.41) is -0.0961. The Kier molecular flexibility index (Phi) is 4.90. The zero-order chi connectivity index (χ0) is 19.0. The Labute approximate surface area is 153 Å². The minimum atomic E-state index is -3.24. The summed E-state index contributed by atoms with van der Waals surface area (Å²) in [6.45, 7) is -3.25. The Morgan fingerprint density at radius 1 is 1.15 bits per heavy atom. The fourth-order valence-corrected chi connectivity index (χ4v) is 2.87. The molecule has 0 unspecified atom stereocenters. The molecular weight excluding hydrogens is 417 g/mol. The van der Waals surface area contributed by atoms with Gasteiger partial charge in [-0.2, -0.15) is 8.78 Å². The van der Waals surface area contributed by atoms with E-state index in [4.69, 9.17) is 0 Å². The molecule has 1 aromatic heterocycles. The van der Waals surface area contributed by atoms with Gasteiger partial charge in [0.15, 0.2) is 11.6 Å². The van der Waals surface area contributed by atoms with E-state index in [-0.39, 0.29) is 17.4 Å². The van der Waals surface area contributed by atoms with Gasteiger partial charge in [0.2, 0.25) is 0 Å². The predicted octanol–water partition coefficient (Wildman–Crippen LogP) is 3.25. The highest BCUT2D eigenvalue weighted by Crippen LogP contribution is 2.23. The molecule has 5 nitrogen and oxygen atoms in total. The van der Waals surface area contributed by atoms with Crippen molar-refractivity contribution in [3.63, 3.8) is 0 Å². The number of halogens is 4. The first-order valence-electron chi connectivity index (χ1n) is 7.40. The Balaban J connectivity index is 2.20. The highest BCUT2D eigenvalue weighted by Gasteiger charge is 2.17. The lowest BCUT2D eigenvalue weighted by molar-refractivity contribution is -0.0520. The Morgan fingerprint density at radius 3 is 2.42 bits per heavy atom. The van der Waals surface area contributed by atoms with Crippen LogP contribution < -0.4 is 16.0 Å². The van der Waals surface area contributed by atoms with Gasteiger partial charge in [-0.25, -0.2) is 9.18 Å². The molecule has 0 aliphatic rings. The van der Waals surface area contributed by atoms with Crippen LogP contribution in [0.2, 0.25) is 0 Å². The first kappa shape index (κ1) is 18.2. The van der Waals surface area contributed by atoms with Crippen molar-refractivity contribution in [1.82, 2.24) is 9.13 Å². The molecule has 26 heavy (non-hydrogen) atoms. The summed E-state index contributed by atoms with van der Waals surface area (Å²) < 4.78 is 45.7. The summed E-state index contributed by atoms with van der Waals surface area (Å²) in [7, 11) is 1.37. The van der Waals surface area contributed by atoms with E-state index in [1.807, 2.05) is 0 Å². The largest absolute Gasteiger partial charge is 0.432 e. The Bertz CT molecular complexity index is 1090. The molecule has 0 saturated carbocycles. The van der Waals surface area contributed by atoms with Crippen molar-refractivity contribution < 1.29 is 17.9 Å². The van der Waals surface area contributed by atoms with Gasteiger partial charge in [-0.15, -0.1) is 0 Å². The van der Waals surface area contributed by atoms with Crippen molar-refractivity contribution in [3.8, 4) is 5.75 Å². The van der Waals surface area contributed by atoms with E-state index < -0.39 is 29.4 Å². The smallest absolute Gasteiger partial charge is 0.387 e. The van der Waals surface area contributed by atoms with Crippen molar-refractivity contribution in [2.45, 2.75) is 13.2 Å². The van der Waals surface area contributed by atoms with Crippen LogP contribution in [0.4, 0.5) is 13.2 Å². The molecule has 1 heterocycles. The second-order valence-corrected chi connectivity index (χ2v) is 6.45. The maximum Gasteiger partial charge on any atom is 0.387 e. The van der Waals surface area contributed by atoms with E-state index in [0.717, 1.165) is 25.7 Å². The third-order valence-electron chi connectivity index (χ3n) is 3.87. The van der Waals surface area contributed by atoms with Gasteiger partial charge in [-0.05, 0) is 23.8 Å². The van der Waals surface area contributed by atoms with E-state index in [2.05, 4.69) is 20.7 Å². The maximum atomic E-state index is 13.9. The van der Waals surface area contributed by atoms with Crippen molar-refractivity contribution in [1.29, 1.82) is 0 Å². The van der Waals surface area contributed by atoms with E-state index in [0.29, 0.717) is 5.56 Å². The molecule has 0 atom stereocenters. The quantitative estimate of drug-likeness (QED) is 0.640. The van der Waals surface area contributed by atoms with Crippen LogP contribution in [0.1, 0.15) is 5.56 Å². The third-order valence-corrected chi connectivity index (χ3v) is 4.40. The van der Waals surface area contributed by atoms with E-state index in [1.165, 1.54) is 7.05 Å². The fourth-order valence-electron chi connectivity index (χ4n) is 2.61. The topological polar surface area (TPSA) is 53.2 Å². The van der Waals surface area contributed by atoms with Crippen LogP contribution >= 0.6 is 15.9 Å². The SMILES string of the molecule is Cn1c(=O)n(Cc2ccc(Br)cc2)c(=O)c2cc(OC(F)F)c(F)cc21. The molecule has 0 radical (unpaired) electrons. The third kappa shape index (κ3) is 3.39. The van der Waals surface area contributed by atoms with E-state index >= 15 is 0 Å². The minimum absolute atomic E-state index is 0.00817. The van der Waals surface area contributed by atoms with Crippen LogP contribution in [-0.4, -0.2) is 15.7 Å². The zero-order valence-electron chi connectivity index (χ0n) is 13.4. The number of nitrogens with zero attached hydrogens (tertiary/aromatic N) is 2. The molecule has 0 bridgehead atoms. The highest BCUT2D eigenvalue weighted by molar-refractivity contribution is 9.10. The highest BCUT2D eigenvalue weighted by atomic mass is 79.9. The van der Waals surface area contributed by atoms with Crippen LogP contribution in [0.15, 0.2) is 50.5 Å². The molecule has 3 rings (SSSR count). The molecule has 0 spiro atoms. The van der Waals surface area contributed by atoms with Crippen molar-refractivity contribution in [2.24, 2.45) is 7.05 Å². The van der Waals surface area contributed by atoms with Crippen molar-refractivity contribution >= 4 is 26.8 Å². The number of ether oxygens (including phenoxy) is 1. The summed E-state index contributed by atoms with van der Waals surface area (Å²) in [5.74, 6) is -1.84. The van der Waals surface area contributed by atoms with Gasteiger partial charge in [-0.1, -0.05) is 28.1 Å². The fraction of sp³-hybridized carbons (Fsp3) is 0.176. The number of aromatic nitrogens is 2. The molecule has 0 aliphatic heterocycles. The normalized spacial score (nSPS) is 11.3. The summed E-state index contributed by atoms with van der Waals surface area (Å²) in [4.78, 5) is 25.2. The number of hydrogen-bond acceptors (Lipinski definition) is 3. The van der Waals surface area contributed by atoms with Crippen molar-refractivity contribution in [2.75, 3.05) is 0 Å². The summed E-state index contributed by atoms with van der Waals surface area (Å²) in [6, 6.07) is 8.70. The first-order valence-corrected chi connectivity index (χ1v) is 8.19. The van der Waals surface area contributed by atoms with Gasteiger partial charge < -0.3 is 4.74 Å². The van der Waals surface area contributed by atoms with Crippen LogP contribution in [0.25, 0.3) is 10.9 Å². The van der Waals surface area contributed by atoms with Gasteiger partial charge in [0.25, 0.3) is 5.56 Å². The van der Waals surface area contributed by atoms with Crippen LogP contribution in [0.3, 0.4) is 0 Å². The number of alkyl halides is 2. The van der Waals surface area contributed by atoms with Crippen LogP contribution in [-0.2, 0) is 13.6 Å². The molecule has 136 valence electrons. The van der Waals surface area contributed by atoms with Gasteiger partial charge in [0, 0.05) is 17.6 Å². The second kappa shape index (κ2) is 6.99. The molecule has 0 aliphatic carbocycles. The lowest BCUT2D eigenvalue weighted by atomic mass is 10.2. The van der Waals surface area contributed by atoms with Gasteiger partial charge in [0.05, 0.1) is 17.4 Å². The summed E-state index contributed by atoms with van der Waals surface area (Å²) in [6.07, 6.45) is 0. The minimum Gasteiger partial charge on any atom is -0.432 e. The zero-order valence-corrected chi connectivity index (χ0v) is 15.0. The lowest BCUT2D eigenvalue weighted by Crippen LogP contribution is -2.39. The molecular formula is C17H12BrF3N2O3.